The van der Waals surface area contributed by atoms with E-state index in [4.69, 9.17) is 0 Å². The molecule has 0 atom stereocenters. The van der Waals surface area contributed by atoms with E-state index in [1.807, 2.05) is 48.5 Å². The summed E-state index contributed by atoms with van der Waals surface area (Å²) in [5.41, 5.74) is 4.08. The Morgan fingerprint density at radius 3 is 2.46 bits per heavy atom. The van der Waals surface area contributed by atoms with Crippen molar-refractivity contribution >= 4 is 44.5 Å². The summed E-state index contributed by atoms with van der Waals surface area (Å²) in [6, 6.07) is 26.2. The Balaban J connectivity index is 1.49. The van der Waals surface area contributed by atoms with Crippen molar-refractivity contribution in [3.05, 3.63) is 88.9 Å². The number of nitrogens with one attached hydrogen (secondary N) is 2. The summed E-state index contributed by atoms with van der Waals surface area (Å²) in [4.78, 5) is 17.1. The van der Waals surface area contributed by atoms with Crippen molar-refractivity contribution in [3.63, 3.8) is 0 Å². The van der Waals surface area contributed by atoms with Gasteiger partial charge in [-0.05, 0) is 39.7 Å². The number of amides is 1. The van der Waals surface area contributed by atoms with Crippen molar-refractivity contribution in [1.29, 1.82) is 0 Å². The van der Waals surface area contributed by atoms with Crippen molar-refractivity contribution in [1.82, 2.24) is 10.3 Å². The molecule has 0 unspecified atom stereocenters. The number of hydrogen-bond donors (Lipinski definition) is 2. The van der Waals surface area contributed by atoms with Crippen molar-refractivity contribution in [2.75, 3.05) is 12.3 Å². The Morgan fingerprint density at radius 1 is 0.929 bits per heavy atom. The lowest BCUT2D eigenvalue weighted by molar-refractivity contribution is 0.0955. The van der Waals surface area contributed by atoms with Crippen LogP contribution in [0.1, 0.15) is 10.4 Å². The van der Waals surface area contributed by atoms with Gasteiger partial charge in [0.2, 0.25) is 0 Å². The van der Waals surface area contributed by atoms with Crippen LogP contribution in [-0.4, -0.2) is 23.2 Å². The van der Waals surface area contributed by atoms with Crippen LogP contribution in [0.15, 0.2) is 88.2 Å². The van der Waals surface area contributed by atoms with Crippen molar-refractivity contribution in [2.45, 2.75) is 4.90 Å². The molecule has 140 valence electrons. The number of thioether (sulfide) groups is 1. The second-order valence-electron chi connectivity index (χ2n) is 6.32. The summed E-state index contributed by atoms with van der Waals surface area (Å²) < 4.78 is 0.808. The third-order valence-electron chi connectivity index (χ3n) is 4.47. The molecule has 0 saturated carbocycles. The quantitative estimate of drug-likeness (QED) is 0.274. The molecule has 4 rings (SSSR count). The molecule has 3 aromatic carbocycles. The first kappa shape index (κ1) is 18.8. The summed E-state index contributed by atoms with van der Waals surface area (Å²) in [6.45, 7) is 0.596. The highest BCUT2D eigenvalue weighted by molar-refractivity contribution is 9.10. The van der Waals surface area contributed by atoms with E-state index in [0.29, 0.717) is 12.1 Å². The number of fused-ring (bicyclic) bond motifs is 1. The number of halogens is 1. The van der Waals surface area contributed by atoms with Crippen LogP contribution in [0.2, 0.25) is 0 Å². The fourth-order valence-electron chi connectivity index (χ4n) is 3.13. The fourth-order valence-corrected chi connectivity index (χ4v) is 4.65. The van der Waals surface area contributed by atoms with Gasteiger partial charge in [0, 0.05) is 32.6 Å². The standard InChI is InChI=1S/C23H19BrN2OS/c24-19-12-6-4-10-17(19)23(27)25-14-15-28-22-18-11-5-7-13-20(18)26-21(22)16-8-2-1-3-9-16/h1-13,26H,14-15H2,(H,25,27). The molecule has 4 aromatic rings. The van der Waals surface area contributed by atoms with Gasteiger partial charge >= 0.3 is 0 Å². The summed E-state index contributed by atoms with van der Waals surface area (Å²) in [5.74, 6) is 0.730. The molecule has 0 bridgehead atoms. The van der Waals surface area contributed by atoms with E-state index in [9.17, 15) is 4.79 Å². The second-order valence-corrected chi connectivity index (χ2v) is 8.28. The molecule has 0 radical (unpaired) electrons. The van der Waals surface area contributed by atoms with Crippen LogP contribution in [0.4, 0.5) is 0 Å². The van der Waals surface area contributed by atoms with Crippen molar-refractivity contribution < 1.29 is 4.79 Å². The van der Waals surface area contributed by atoms with Gasteiger partial charge in [-0.15, -0.1) is 11.8 Å². The van der Waals surface area contributed by atoms with Gasteiger partial charge in [-0.1, -0.05) is 60.7 Å². The third kappa shape index (κ3) is 4.01. The Kier molecular flexibility index (Phi) is 5.84. The van der Waals surface area contributed by atoms with Gasteiger partial charge in [0.05, 0.1) is 11.3 Å². The van der Waals surface area contributed by atoms with Crippen molar-refractivity contribution in [2.24, 2.45) is 0 Å². The maximum atomic E-state index is 12.4. The lowest BCUT2D eigenvalue weighted by Gasteiger charge is -2.08. The molecule has 0 spiro atoms. The number of rotatable bonds is 6. The lowest BCUT2D eigenvalue weighted by Crippen LogP contribution is -2.26. The predicted molar refractivity (Wildman–Crippen MR) is 121 cm³/mol. The van der Waals surface area contributed by atoms with Gasteiger partial charge in [-0.2, -0.15) is 0 Å². The SMILES string of the molecule is O=C(NCCSc1c(-c2ccccc2)[nH]c2ccccc12)c1ccccc1Br. The average molecular weight is 451 g/mol. The summed E-state index contributed by atoms with van der Waals surface area (Å²) in [5, 5.41) is 4.22. The molecule has 0 aliphatic rings. The van der Waals surface area contributed by atoms with E-state index < -0.39 is 0 Å². The number of carbonyl (C=O) groups excluding carboxylic acids is 1. The van der Waals surface area contributed by atoms with Gasteiger partial charge in [-0.3, -0.25) is 4.79 Å². The maximum absolute atomic E-state index is 12.4. The van der Waals surface area contributed by atoms with Crippen LogP contribution < -0.4 is 5.32 Å². The number of para-hydroxylation sites is 1. The Morgan fingerprint density at radius 2 is 1.64 bits per heavy atom. The fraction of sp³-hybridized carbons (Fsp3) is 0.0870. The second kappa shape index (κ2) is 8.67. The van der Waals surface area contributed by atoms with Crippen LogP contribution in [0.25, 0.3) is 22.2 Å². The van der Waals surface area contributed by atoms with Crippen LogP contribution in [-0.2, 0) is 0 Å². The molecule has 0 saturated heterocycles. The highest BCUT2D eigenvalue weighted by Crippen LogP contribution is 2.37. The van der Waals surface area contributed by atoms with E-state index in [1.54, 1.807) is 11.8 Å². The first-order valence-electron chi connectivity index (χ1n) is 9.05. The number of aromatic amines is 1. The van der Waals surface area contributed by atoms with Crippen LogP contribution in [0.3, 0.4) is 0 Å². The Bertz CT molecular complexity index is 1110. The molecule has 5 heteroatoms. The number of hydrogen-bond acceptors (Lipinski definition) is 2. The molecular formula is C23H19BrN2OS. The Hall–Kier alpha value is -2.50. The molecule has 1 amide bonds. The summed E-state index contributed by atoms with van der Waals surface area (Å²) >= 11 is 5.19. The zero-order chi connectivity index (χ0) is 19.3. The zero-order valence-electron chi connectivity index (χ0n) is 15.1. The van der Waals surface area contributed by atoms with Crippen molar-refractivity contribution in [3.8, 4) is 11.3 Å². The Labute approximate surface area is 176 Å². The minimum atomic E-state index is -0.0599. The molecule has 2 N–H and O–H groups in total. The number of H-pyrrole nitrogens is 1. The number of aromatic nitrogens is 1. The minimum absolute atomic E-state index is 0.0599. The molecule has 0 aliphatic carbocycles. The van der Waals surface area contributed by atoms with Gasteiger partial charge in [0.1, 0.15) is 0 Å². The van der Waals surface area contributed by atoms with Crippen LogP contribution in [0.5, 0.6) is 0 Å². The summed E-state index contributed by atoms with van der Waals surface area (Å²) in [7, 11) is 0. The maximum Gasteiger partial charge on any atom is 0.252 e. The highest BCUT2D eigenvalue weighted by atomic mass is 79.9. The molecule has 3 nitrogen and oxygen atoms in total. The van der Waals surface area contributed by atoms with Gasteiger partial charge in [0.25, 0.3) is 5.91 Å². The smallest absolute Gasteiger partial charge is 0.252 e. The first-order valence-corrected chi connectivity index (χ1v) is 10.8. The van der Waals surface area contributed by atoms with E-state index in [2.05, 4.69) is 56.6 Å². The molecule has 0 fully saturated rings. The normalized spacial score (nSPS) is 10.9. The zero-order valence-corrected chi connectivity index (χ0v) is 17.5. The highest BCUT2D eigenvalue weighted by Gasteiger charge is 2.14. The molecule has 1 aromatic heterocycles. The van der Waals surface area contributed by atoms with E-state index in [-0.39, 0.29) is 5.91 Å². The van der Waals surface area contributed by atoms with E-state index >= 15 is 0 Å². The van der Waals surface area contributed by atoms with Crippen LogP contribution >= 0.6 is 27.7 Å². The third-order valence-corrected chi connectivity index (χ3v) is 6.29. The predicted octanol–water partition coefficient (Wildman–Crippen LogP) is 6.12. The van der Waals surface area contributed by atoms with E-state index in [0.717, 1.165) is 21.4 Å². The minimum Gasteiger partial charge on any atom is -0.354 e. The molecule has 1 heterocycles. The molecule has 0 aliphatic heterocycles. The van der Waals surface area contributed by atoms with Gasteiger partial charge in [-0.25, -0.2) is 0 Å². The topological polar surface area (TPSA) is 44.9 Å². The molecular weight excluding hydrogens is 432 g/mol. The lowest BCUT2D eigenvalue weighted by atomic mass is 10.1. The largest absolute Gasteiger partial charge is 0.354 e. The average Bonchev–Trinajstić information content (AvgIpc) is 3.11. The van der Waals surface area contributed by atoms with Gasteiger partial charge < -0.3 is 10.3 Å². The van der Waals surface area contributed by atoms with E-state index in [1.165, 1.54) is 15.8 Å². The summed E-state index contributed by atoms with van der Waals surface area (Å²) in [6.07, 6.45) is 0. The monoisotopic (exact) mass is 450 g/mol. The van der Waals surface area contributed by atoms with Crippen LogP contribution in [0, 0.1) is 0 Å². The first-order chi connectivity index (χ1) is 13.7. The molecule has 28 heavy (non-hydrogen) atoms. The van der Waals surface area contributed by atoms with Gasteiger partial charge in [0.15, 0.2) is 0 Å². The number of carbonyl (C=O) groups is 1. The number of benzene rings is 3.